The summed E-state index contributed by atoms with van der Waals surface area (Å²) < 4.78 is 41.0. The standard InChI is InChI=1S/C23H18F3N7O/c1-12(13-4-2-5-14(10-13)23(24,25)26)33-21-18(17(11-27)32-33)22(34)31-20(30-21)16-7-6-15(16)19-28-8-3-9-29-19/h2-5,8-10,12,15-16H,6-7H2,1H3,(H,30,31,34)/t12-,15+,16+/m0/s1. The number of rotatable bonds is 4. The summed E-state index contributed by atoms with van der Waals surface area (Å²) in [4.78, 5) is 29.0. The first kappa shape index (κ1) is 21.8. The second kappa shape index (κ2) is 8.06. The molecule has 4 aromatic rings. The van der Waals surface area contributed by atoms with Crippen LogP contribution in [0.4, 0.5) is 13.2 Å². The first-order valence-electron chi connectivity index (χ1n) is 10.6. The van der Waals surface area contributed by atoms with Crippen molar-refractivity contribution in [2.45, 2.75) is 43.8 Å². The Morgan fingerprint density at radius 3 is 2.56 bits per heavy atom. The number of aromatic amines is 1. The van der Waals surface area contributed by atoms with E-state index in [0.29, 0.717) is 17.2 Å². The van der Waals surface area contributed by atoms with Gasteiger partial charge in [0.15, 0.2) is 11.3 Å². The number of H-pyrrole nitrogens is 1. The SMILES string of the molecule is C[C@@H](c1cccc(C(F)(F)F)c1)n1nc(C#N)c2c(=O)[nH]c([C@@H]3CC[C@H]3c3ncccn3)nc21. The van der Waals surface area contributed by atoms with Gasteiger partial charge in [0.05, 0.1) is 11.6 Å². The molecule has 172 valence electrons. The van der Waals surface area contributed by atoms with Gasteiger partial charge in [-0.15, -0.1) is 0 Å². The Labute approximate surface area is 191 Å². The van der Waals surface area contributed by atoms with E-state index in [4.69, 9.17) is 0 Å². The summed E-state index contributed by atoms with van der Waals surface area (Å²) in [5, 5.41) is 13.8. The van der Waals surface area contributed by atoms with Gasteiger partial charge in [0, 0.05) is 24.2 Å². The number of nitrogens with one attached hydrogen (secondary N) is 1. The zero-order valence-electron chi connectivity index (χ0n) is 17.9. The molecule has 1 aliphatic carbocycles. The van der Waals surface area contributed by atoms with Crippen molar-refractivity contribution in [2.75, 3.05) is 0 Å². The van der Waals surface area contributed by atoms with E-state index < -0.39 is 23.3 Å². The minimum atomic E-state index is -4.50. The van der Waals surface area contributed by atoms with Gasteiger partial charge in [0.2, 0.25) is 0 Å². The molecule has 1 saturated carbocycles. The Bertz CT molecular complexity index is 1470. The van der Waals surface area contributed by atoms with Crippen molar-refractivity contribution in [3.63, 3.8) is 0 Å². The maximum Gasteiger partial charge on any atom is 0.416 e. The highest BCUT2D eigenvalue weighted by Crippen LogP contribution is 2.46. The molecule has 1 aromatic carbocycles. The van der Waals surface area contributed by atoms with Crippen LogP contribution in [0.15, 0.2) is 47.5 Å². The van der Waals surface area contributed by atoms with Crippen LogP contribution in [-0.4, -0.2) is 29.7 Å². The Balaban J connectivity index is 1.61. The second-order valence-corrected chi connectivity index (χ2v) is 8.25. The molecule has 11 heteroatoms. The molecule has 1 N–H and O–H groups in total. The lowest BCUT2D eigenvalue weighted by Crippen LogP contribution is -2.28. The van der Waals surface area contributed by atoms with E-state index in [2.05, 4.69) is 25.0 Å². The number of hydrogen-bond donors (Lipinski definition) is 1. The predicted molar refractivity (Wildman–Crippen MR) is 115 cm³/mol. The third kappa shape index (κ3) is 3.61. The second-order valence-electron chi connectivity index (χ2n) is 8.25. The number of benzene rings is 1. The van der Waals surface area contributed by atoms with Crippen LogP contribution >= 0.6 is 0 Å². The van der Waals surface area contributed by atoms with Gasteiger partial charge >= 0.3 is 6.18 Å². The Kier molecular flexibility index (Phi) is 5.16. The molecular formula is C23H18F3N7O. The van der Waals surface area contributed by atoms with Crippen molar-refractivity contribution in [1.82, 2.24) is 29.7 Å². The maximum atomic E-state index is 13.2. The summed E-state index contributed by atoms with van der Waals surface area (Å²) >= 11 is 0. The molecule has 3 atom stereocenters. The lowest BCUT2D eigenvalue weighted by Gasteiger charge is -2.34. The van der Waals surface area contributed by atoms with Crippen LogP contribution in [0.1, 0.15) is 66.1 Å². The fraction of sp³-hybridized carbons (Fsp3) is 0.304. The molecule has 0 amide bonds. The minimum absolute atomic E-state index is 0.0110. The molecule has 0 spiro atoms. The third-order valence-corrected chi connectivity index (χ3v) is 6.29. The van der Waals surface area contributed by atoms with Crippen LogP contribution in [0.3, 0.4) is 0 Å². The van der Waals surface area contributed by atoms with Crippen molar-refractivity contribution in [2.24, 2.45) is 0 Å². The van der Waals surface area contributed by atoms with Gasteiger partial charge in [0.1, 0.15) is 23.1 Å². The summed E-state index contributed by atoms with van der Waals surface area (Å²) in [6.45, 7) is 1.65. The predicted octanol–water partition coefficient (Wildman–Crippen LogP) is 4.07. The number of nitriles is 1. The first-order valence-corrected chi connectivity index (χ1v) is 10.6. The van der Waals surface area contributed by atoms with E-state index in [9.17, 15) is 23.2 Å². The molecule has 8 nitrogen and oxygen atoms in total. The van der Waals surface area contributed by atoms with Crippen molar-refractivity contribution in [1.29, 1.82) is 5.26 Å². The fourth-order valence-corrected chi connectivity index (χ4v) is 4.34. The number of nitrogens with zero attached hydrogens (tertiary/aromatic N) is 6. The highest BCUT2D eigenvalue weighted by molar-refractivity contribution is 5.80. The number of halogens is 3. The number of fused-ring (bicyclic) bond motifs is 1. The molecule has 3 aromatic heterocycles. The van der Waals surface area contributed by atoms with E-state index in [1.54, 1.807) is 31.5 Å². The highest BCUT2D eigenvalue weighted by atomic mass is 19.4. The Hall–Kier alpha value is -4.07. The van der Waals surface area contributed by atoms with E-state index in [1.807, 2.05) is 6.07 Å². The fourth-order valence-electron chi connectivity index (χ4n) is 4.34. The molecule has 5 rings (SSSR count). The molecule has 1 fully saturated rings. The van der Waals surface area contributed by atoms with Gasteiger partial charge in [0.25, 0.3) is 5.56 Å². The van der Waals surface area contributed by atoms with Crippen molar-refractivity contribution in [3.8, 4) is 6.07 Å². The van der Waals surface area contributed by atoms with E-state index >= 15 is 0 Å². The smallest absolute Gasteiger partial charge is 0.310 e. The van der Waals surface area contributed by atoms with Crippen LogP contribution < -0.4 is 5.56 Å². The van der Waals surface area contributed by atoms with Crippen LogP contribution in [-0.2, 0) is 6.18 Å². The summed E-state index contributed by atoms with van der Waals surface area (Å²) in [7, 11) is 0. The van der Waals surface area contributed by atoms with Crippen molar-refractivity contribution in [3.05, 3.63) is 81.5 Å². The molecule has 0 saturated heterocycles. The monoisotopic (exact) mass is 465 g/mol. The minimum Gasteiger partial charge on any atom is -0.310 e. The quantitative estimate of drug-likeness (QED) is 0.486. The van der Waals surface area contributed by atoms with E-state index in [0.717, 1.165) is 25.0 Å². The van der Waals surface area contributed by atoms with Crippen LogP contribution in [0.25, 0.3) is 11.0 Å². The number of alkyl halides is 3. The maximum absolute atomic E-state index is 13.2. The van der Waals surface area contributed by atoms with Crippen LogP contribution in [0, 0.1) is 11.3 Å². The Morgan fingerprint density at radius 1 is 1.18 bits per heavy atom. The number of aromatic nitrogens is 6. The van der Waals surface area contributed by atoms with Gasteiger partial charge in [-0.25, -0.2) is 19.6 Å². The lowest BCUT2D eigenvalue weighted by molar-refractivity contribution is -0.137. The largest absolute Gasteiger partial charge is 0.416 e. The van der Waals surface area contributed by atoms with Gasteiger partial charge in [-0.2, -0.15) is 23.5 Å². The van der Waals surface area contributed by atoms with Gasteiger partial charge < -0.3 is 4.98 Å². The van der Waals surface area contributed by atoms with Crippen LogP contribution in [0.2, 0.25) is 0 Å². The zero-order valence-corrected chi connectivity index (χ0v) is 17.9. The lowest BCUT2D eigenvalue weighted by atomic mass is 9.72. The average molecular weight is 465 g/mol. The molecular weight excluding hydrogens is 447 g/mol. The zero-order chi connectivity index (χ0) is 24.0. The summed E-state index contributed by atoms with van der Waals surface area (Å²) in [6, 6.07) is 7.79. The summed E-state index contributed by atoms with van der Waals surface area (Å²) in [5.41, 5.74) is -0.962. The van der Waals surface area contributed by atoms with Gasteiger partial charge in [-0.05, 0) is 43.5 Å². The van der Waals surface area contributed by atoms with Crippen LogP contribution in [0.5, 0.6) is 0 Å². The highest BCUT2D eigenvalue weighted by Gasteiger charge is 2.38. The molecule has 3 heterocycles. The van der Waals surface area contributed by atoms with Crippen molar-refractivity contribution < 1.29 is 13.2 Å². The van der Waals surface area contributed by atoms with E-state index in [1.165, 1.54) is 10.7 Å². The molecule has 1 aliphatic rings. The molecule has 0 unspecified atom stereocenters. The first-order chi connectivity index (χ1) is 16.3. The summed E-state index contributed by atoms with van der Waals surface area (Å²) in [5.74, 6) is 0.930. The molecule has 34 heavy (non-hydrogen) atoms. The topological polar surface area (TPSA) is 113 Å². The van der Waals surface area contributed by atoms with Crippen molar-refractivity contribution >= 4 is 11.0 Å². The number of hydrogen-bond acceptors (Lipinski definition) is 6. The molecule has 0 bridgehead atoms. The van der Waals surface area contributed by atoms with Gasteiger partial charge in [-0.3, -0.25) is 4.79 Å². The van der Waals surface area contributed by atoms with E-state index in [-0.39, 0.29) is 28.6 Å². The third-order valence-electron chi connectivity index (χ3n) is 6.29. The normalized spacial score (nSPS) is 18.9. The summed E-state index contributed by atoms with van der Waals surface area (Å²) in [6.07, 6.45) is 0.408. The van der Waals surface area contributed by atoms with Gasteiger partial charge in [-0.1, -0.05) is 12.1 Å². The Morgan fingerprint density at radius 2 is 1.91 bits per heavy atom. The molecule has 0 radical (unpaired) electrons. The average Bonchev–Trinajstić information content (AvgIpc) is 3.17. The molecule has 0 aliphatic heterocycles.